The number of halogens is 2. The van der Waals surface area contributed by atoms with Gasteiger partial charge in [0.25, 0.3) is 0 Å². The lowest BCUT2D eigenvalue weighted by Gasteiger charge is -2.11. The summed E-state index contributed by atoms with van der Waals surface area (Å²) in [5.74, 6) is 0.168. The molecular weight excluding hydrogens is 297 g/mol. The number of nitrogen functional groups attached to an aromatic ring is 1. The van der Waals surface area contributed by atoms with Crippen molar-refractivity contribution in [3.63, 3.8) is 0 Å². The number of nitrogens with two attached hydrogens (primary N) is 1. The Morgan fingerprint density at radius 3 is 2.50 bits per heavy atom. The standard InChI is InChI=1S/C15H13Cl2NO2/c1-8-4-3-5-12(18)14(8)15(19)9-6-11(17)13(20-2)7-10(9)16/h3-7H,18H2,1-2H3. The molecule has 0 amide bonds. The number of carbonyl (C=O) groups excluding carboxylic acids is 1. The van der Waals surface area contributed by atoms with E-state index in [4.69, 9.17) is 33.7 Å². The Kier molecular flexibility index (Phi) is 4.21. The van der Waals surface area contributed by atoms with E-state index in [1.165, 1.54) is 19.2 Å². The van der Waals surface area contributed by atoms with Gasteiger partial charge >= 0.3 is 0 Å². The van der Waals surface area contributed by atoms with E-state index in [1.807, 2.05) is 13.0 Å². The van der Waals surface area contributed by atoms with Crippen LogP contribution in [0.25, 0.3) is 0 Å². The predicted octanol–water partition coefficient (Wildman–Crippen LogP) is 4.12. The van der Waals surface area contributed by atoms with Crippen LogP contribution in [-0.2, 0) is 0 Å². The van der Waals surface area contributed by atoms with Gasteiger partial charge in [0.2, 0.25) is 0 Å². The summed E-state index contributed by atoms with van der Waals surface area (Å²) in [4.78, 5) is 12.6. The highest BCUT2D eigenvalue weighted by Gasteiger charge is 2.19. The topological polar surface area (TPSA) is 52.3 Å². The molecule has 2 N–H and O–H groups in total. The second-order valence-corrected chi connectivity index (χ2v) is 5.15. The molecule has 0 heterocycles. The Balaban J connectivity index is 2.57. The minimum atomic E-state index is -0.254. The molecule has 2 aromatic rings. The monoisotopic (exact) mass is 309 g/mol. The van der Waals surface area contributed by atoms with Crippen LogP contribution >= 0.6 is 23.2 Å². The maximum Gasteiger partial charge on any atom is 0.196 e. The summed E-state index contributed by atoms with van der Waals surface area (Å²) in [5.41, 5.74) is 7.83. The molecule has 104 valence electrons. The Labute approximate surface area is 127 Å². The molecular formula is C15H13Cl2NO2. The molecule has 0 unspecified atom stereocenters. The van der Waals surface area contributed by atoms with Crippen LogP contribution < -0.4 is 10.5 Å². The first-order valence-corrected chi connectivity index (χ1v) is 6.64. The van der Waals surface area contributed by atoms with Crippen LogP contribution in [0.1, 0.15) is 21.5 Å². The molecule has 0 bridgehead atoms. The van der Waals surface area contributed by atoms with Crippen LogP contribution in [-0.4, -0.2) is 12.9 Å². The van der Waals surface area contributed by atoms with E-state index < -0.39 is 0 Å². The molecule has 0 spiro atoms. The van der Waals surface area contributed by atoms with E-state index >= 15 is 0 Å². The maximum atomic E-state index is 12.6. The average molecular weight is 310 g/mol. The van der Waals surface area contributed by atoms with Crippen molar-refractivity contribution >= 4 is 34.7 Å². The number of hydrogen-bond acceptors (Lipinski definition) is 3. The normalized spacial score (nSPS) is 10.4. The van der Waals surface area contributed by atoms with Gasteiger partial charge in [-0.2, -0.15) is 0 Å². The van der Waals surface area contributed by atoms with E-state index in [0.717, 1.165) is 5.56 Å². The summed E-state index contributed by atoms with van der Waals surface area (Å²) in [5, 5.41) is 0.603. The minimum absolute atomic E-state index is 0.254. The van der Waals surface area contributed by atoms with Gasteiger partial charge < -0.3 is 10.5 Å². The Morgan fingerprint density at radius 1 is 1.20 bits per heavy atom. The second-order valence-electron chi connectivity index (χ2n) is 4.33. The predicted molar refractivity (Wildman–Crippen MR) is 82.0 cm³/mol. The second kappa shape index (κ2) is 5.73. The molecule has 20 heavy (non-hydrogen) atoms. The van der Waals surface area contributed by atoms with Crippen molar-refractivity contribution in [3.8, 4) is 5.75 Å². The molecule has 0 saturated heterocycles. The van der Waals surface area contributed by atoms with Gasteiger partial charge in [0, 0.05) is 22.9 Å². The summed E-state index contributed by atoms with van der Waals surface area (Å²) >= 11 is 12.2. The number of ether oxygens (including phenoxy) is 1. The summed E-state index contributed by atoms with van der Waals surface area (Å²) in [6.07, 6.45) is 0. The molecule has 0 saturated carbocycles. The molecule has 0 aliphatic rings. The maximum absolute atomic E-state index is 12.6. The first-order valence-electron chi connectivity index (χ1n) is 5.88. The lowest BCUT2D eigenvalue weighted by molar-refractivity contribution is 0.103. The third kappa shape index (κ3) is 2.60. The van der Waals surface area contributed by atoms with Gasteiger partial charge in [0.05, 0.1) is 17.2 Å². The number of anilines is 1. The Hall–Kier alpha value is -1.71. The number of carbonyl (C=O) groups is 1. The first-order chi connectivity index (χ1) is 9.45. The van der Waals surface area contributed by atoms with Crippen LogP contribution in [0.2, 0.25) is 10.0 Å². The lowest BCUT2D eigenvalue weighted by Crippen LogP contribution is -2.08. The first kappa shape index (κ1) is 14.7. The fourth-order valence-corrected chi connectivity index (χ4v) is 2.47. The van der Waals surface area contributed by atoms with E-state index in [-0.39, 0.29) is 10.8 Å². The van der Waals surface area contributed by atoms with Gasteiger partial charge in [-0.25, -0.2) is 0 Å². The van der Waals surface area contributed by atoms with Crippen molar-refractivity contribution in [1.82, 2.24) is 0 Å². The number of benzene rings is 2. The number of aryl methyl sites for hydroxylation is 1. The highest BCUT2D eigenvalue weighted by atomic mass is 35.5. The van der Waals surface area contributed by atoms with Crippen LogP contribution in [0.4, 0.5) is 5.69 Å². The van der Waals surface area contributed by atoms with E-state index in [0.29, 0.717) is 27.6 Å². The van der Waals surface area contributed by atoms with Crippen LogP contribution in [0.15, 0.2) is 30.3 Å². The van der Waals surface area contributed by atoms with Gasteiger partial charge in [0.1, 0.15) is 5.75 Å². The molecule has 0 aliphatic heterocycles. The lowest BCUT2D eigenvalue weighted by atomic mass is 9.97. The quantitative estimate of drug-likeness (QED) is 0.685. The average Bonchev–Trinajstić information content (AvgIpc) is 2.40. The molecule has 0 atom stereocenters. The summed E-state index contributed by atoms with van der Waals surface area (Å²) < 4.78 is 5.06. The van der Waals surface area contributed by atoms with Crippen molar-refractivity contribution in [1.29, 1.82) is 0 Å². The van der Waals surface area contributed by atoms with Gasteiger partial charge in [-0.3, -0.25) is 4.79 Å². The van der Waals surface area contributed by atoms with Crippen molar-refractivity contribution in [3.05, 3.63) is 57.1 Å². The van der Waals surface area contributed by atoms with Crippen molar-refractivity contribution in [2.75, 3.05) is 12.8 Å². The van der Waals surface area contributed by atoms with Crippen molar-refractivity contribution in [2.24, 2.45) is 0 Å². The largest absolute Gasteiger partial charge is 0.495 e. The van der Waals surface area contributed by atoms with Crippen LogP contribution in [0.5, 0.6) is 5.75 Å². The molecule has 2 aromatic carbocycles. The third-order valence-electron chi connectivity index (χ3n) is 3.02. The molecule has 0 radical (unpaired) electrons. The van der Waals surface area contributed by atoms with E-state index in [2.05, 4.69) is 0 Å². The molecule has 0 fully saturated rings. The van der Waals surface area contributed by atoms with Gasteiger partial charge in [0.15, 0.2) is 5.78 Å². The minimum Gasteiger partial charge on any atom is -0.495 e. The fourth-order valence-electron chi connectivity index (χ4n) is 1.99. The zero-order valence-corrected chi connectivity index (χ0v) is 12.5. The third-order valence-corrected chi connectivity index (χ3v) is 3.63. The highest BCUT2D eigenvalue weighted by molar-refractivity contribution is 6.38. The molecule has 3 nitrogen and oxygen atoms in total. The van der Waals surface area contributed by atoms with Gasteiger partial charge in [-0.15, -0.1) is 0 Å². The number of ketones is 1. The van der Waals surface area contributed by atoms with Gasteiger partial charge in [-0.05, 0) is 24.6 Å². The van der Waals surface area contributed by atoms with E-state index in [1.54, 1.807) is 12.1 Å². The van der Waals surface area contributed by atoms with Crippen molar-refractivity contribution in [2.45, 2.75) is 6.92 Å². The molecule has 2 rings (SSSR count). The van der Waals surface area contributed by atoms with Crippen LogP contribution in [0.3, 0.4) is 0 Å². The van der Waals surface area contributed by atoms with Crippen LogP contribution in [0, 0.1) is 6.92 Å². The number of rotatable bonds is 3. The number of hydrogen-bond donors (Lipinski definition) is 1. The Morgan fingerprint density at radius 2 is 1.90 bits per heavy atom. The number of methoxy groups -OCH3 is 1. The molecule has 0 aromatic heterocycles. The smallest absolute Gasteiger partial charge is 0.196 e. The van der Waals surface area contributed by atoms with Gasteiger partial charge in [-0.1, -0.05) is 35.3 Å². The van der Waals surface area contributed by atoms with E-state index in [9.17, 15) is 4.79 Å². The van der Waals surface area contributed by atoms with Crippen molar-refractivity contribution < 1.29 is 9.53 Å². The SMILES string of the molecule is COc1cc(Cl)c(C(=O)c2c(C)cccc2N)cc1Cl. The highest BCUT2D eigenvalue weighted by Crippen LogP contribution is 2.33. The summed E-state index contributed by atoms with van der Waals surface area (Å²) in [6, 6.07) is 8.31. The zero-order valence-electron chi connectivity index (χ0n) is 11.0. The molecule has 0 aliphatic carbocycles. The Bertz CT molecular complexity index is 664. The zero-order chi connectivity index (χ0) is 14.9. The summed E-state index contributed by atoms with van der Waals surface area (Å²) in [7, 11) is 1.48. The fraction of sp³-hybridized carbons (Fsp3) is 0.133. The summed E-state index contributed by atoms with van der Waals surface area (Å²) in [6.45, 7) is 1.82. The molecule has 5 heteroatoms.